The molecule has 20 heavy (non-hydrogen) atoms. The van der Waals surface area contributed by atoms with Gasteiger partial charge in [0, 0.05) is 11.9 Å². The van der Waals surface area contributed by atoms with Crippen LogP contribution in [-0.4, -0.2) is 15.1 Å². The number of rotatable bonds is 5. The average Bonchev–Trinajstić information content (AvgIpc) is 3.10. The molecule has 5 nitrogen and oxygen atoms in total. The molecule has 2 aromatic heterocycles. The van der Waals surface area contributed by atoms with Crippen molar-refractivity contribution in [2.24, 2.45) is 5.73 Å². The van der Waals surface area contributed by atoms with Crippen molar-refractivity contribution in [2.45, 2.75) is 42.7 Å². The van der Waals surface area contributed by atoms with Gasteiger partial charge in [-0.05, 0) is 25.0 Å². The third-order valence-corrected chi connectivity index (χ3v) is 4.56. The normalized spacial score (nSPS) is 17.4. The molecule has 1 aliphatic rings. The van der Waals surface area contributed by atoms with Gasteiger partial charge in [0.2, 0.25) is 5.89 Å². The molecule has 1 fully saturated rings. The Morgan fingerprint density at radius 1 is 1.25 bits per heavy atom. The van der Waals surface area contributed by atoms with Crippen molar-refractivity contribution < 1.29 is 4.52 Å². The summed E-state index contributed by atoms with van der Waals surface area (Å²) < 4.78 is 5.30. The number of aromatic nitrogens is 3. The lowest BCUT2D eigenvalue weighted by Gasteiger charge is -2.17. The Hall–Kier alpha value is -1.40. The maximum absolute atomic E-state index is 6.31. The number of hydrogen-bond acceptors (Lipinski definition) is 6. The number of pyridine rings is 1. The van der Waals surface area contributed by atoms with E-state index in [4.69, 9.17) is 10.3 Å². The van der Waals surface area contributed by atoms with Gasteiger partial charge in [-0.2, -0.15) is 4.98 Å². The first-order valence-electron chi connectivity index (χ1n) is 6.86. The summed E-state index contributed by atoms with van der Waals surface area (Å²) in [5, 5.41) is 4.06. The van der Waals surface area contributed by atoms with Gasteiger partial charge in [0.25, 0.3) is 0 Å². The van der Waals surface area contributed by atoms with Gasteiger partial charge < -0.3 is 10.3 Å². The number of nitrogens with two attached hydrogens (primary N) is 1. The topological polar surface area (TPSA) is 77.8 Å². The van der Waals surface area contributed by atoms with Crippen LogP contribution in [0.2, 0.25) is 0 Å². The smallest absolute Gasteiger partial charge is 0.236 e. The van der Waals surface area contributed by atoms with Crippen molar-refractivity contribution in [1.82, 2.24) is 15.1 Å². The molecule has 0 spiro atoms. The average molecular weight is 290 g/mol. The fraction of sp³-hybridized carbons (Fsp3) is 0.500. The van der Waals surface area contributed by atoms with Crippen LogP contribution >= 0.6 is 11.8 Å². The fourth-order valence-electron chi connectivity index (χ4n) is 2.47. The van der Waals surface area contributed by atoms with E-state index >= 15 is 0 Å². The first-order valence-corrected chi connectivity index (χ1v) is 8.01. The molecular formula is C14H18N4OS. The van der Waals surface area contributed by atoms with Crippen molar-refractivity contribution >= 4 is 11.8 Å². The van der Waals surface area contributed by atoms with Gasteiger partial charge in [0.05, 0.1) is 17.0 Å². The molecular weight excluding hydrogens is 272 g/mol. The molecule has 106 valence electrons. The van der Waals surface area contributed by atoms with Gasteiger partial charge in [-0.3, -0.25) is 4.98 Å². The fourth-order valence-corrected chi connectivity index (χ4v) is 3.25. The van der Waals surface area contributed by atoms with Gasteiger partial charge in [-0.1, -0.05) is 24.1 Å². The minimum Gasteiger partial charge on any atom is -0.338 e. The van der Waals surface area contributed by atoms with Gasteiger partial charge >= 0.3 is 0 Å². The standard InChI is InChI=1S/C14H18N4OS/c15-14(6-2-3-7-14)13-17-12(19-18-13)10-20-9-11-5-1-4-8-16-11/h1,4-5,8H,2-3,6-7,9-10,15H2. The van der Waals surface area contributed by atoms with E-state index in [1.807, 2.05) is 18.2 Å². The second-order valence-corrected chi connectivity index (χ2v) is 6.17. The van der Waals surface area contributed by atoms with Crippen molar-refractivity contribution in [3.8, 4) is 0 Å². The van der Waals surface area contributed by atoms with Crippen LogP contribution in [0.5, 0.6) is 0 Å². The van der Waals surface area contributed by atoms with E-state index in [1.54, 1.807) is 18.0 Å². The molecule has 1 aliphatic carbocycles. The third kappa shape index (κ3) is 3.02. The predicted molar refractivity (Wildman–Crippen MR) is 77.9 cm³/mol. The summed E-state index contributed by atoms with van der Waals surface area (Å²) in [6.45, 7) is 0. The van der Waals surface area contributed by atoms with Crippen molar-refractivity contribution in [2.75, 3.05) is 0 Å². The summed E-state index contributed by atoms with van der Waals surface area (Å²) in [4.78, 5) is 8.73. The number of nitrogens with zero attached hydrogens (tertiary/aromatic N) is 3. The summed E-state index contributed by atoms with van der Waals surface area (Å²) in [5.74, 6) is 2.85. The quantitative estimate of drug-likeness (QED) is 0.912. The molecule has 0 aromatic carbocycles. The molecule has 0 saturated heterocycles. The van der Waals surface area contributed by atoms with E-state index in [0.29, 0.717) is 17.5 Å². The van der Waals surface area contributed by atoms with Crippen LogP contribution in [0.1, 0.15) is 43.1 Å². The summed E-state index contributed by atoms with van der Waals surface area (Å²) in [7, 11) is 0. The first-order chi connectivity index (χ1) is 9.76. The van der Waals surface area contributed by atoms with E-state index in [2.05, 4.69) is 15.1 Å². The molecule has 0 amide bonds. The largest absolute Gasteiger partial charge is 0.338 e. The van der Waals surface area contributed by atoms with Crippen LogP contribution in [-0.2, 0) is 17.0 Å². The Kier molecular flexibility index (Phi) is 4.03. The van der Waals surface area contributed by atoms with Crippen LogP contribution in [0.25, 0.3) is 0 Å². The maximum atomic E-state index is 6.31. The van der Waals surface area contributed by atoms with Crippen LogP contribution in [0.4, 0.5) is 0 Å². The Bertz CT molecular complexity index is 551. The molecule has 0 unspecified atom stereocenters. The minimum atomic E-state index is -0.368. The zero-order chi connectivity index (χ0) is 13.8. The van der Waals surface area contributed by atoms with Crippen LogP contribution < -0.4 is 5.73 Å². The highest BCUT2D eigenvalue weighted by molar-refractivity contribution is 7.97. The van der Waals surface area contributed by atoms with Gasteiger partial charge in [-0.15, -0.1) is 11.8 Å². The maximum Gasteiger partial charge on any atom is 0.236 e. The molecule has 2 N–H and O–H groups in total. The molecule has 0 bridgehead atoms. The monoisotopic (exact) mass is 290 g/mol. The Morgan fingerprint density at radius 3 is 2.85 bits per heavy atom. The van der Waals surface area contributed by atoms with Crippen molar-refractivity contribution in [3.05, 3.63) is 41.8 Å². The molecule has 6 heteroatoms. The van der Waals surface area contributed by atoms with E-state index < -0.39 is 0 Å². The van der Waals surface area contributed by atoms with E-state index in [0.717, 1.165) is 37.1 Å². The molecule has 0 aliphatic heterocycles. The Balaban J connectivity index is 1.55. The molecule has 3 rings (SSSR count). The third-order valence-electron chi connectivity index (χ3n) is 3.61. The van der Waals surface area contributed by atoms with Crippen molar-refractivity contribution in [3.63, 3.8) is 0 Å². The predicted octanol–water partition coefficient (Wildman–Crippen LogP) is 2.63. The molecule has 2 heterocycles. The lowest BCUT2D eigenvalue weighted by Crippen LogP contribution is -2.34. The second-order valence-electron chi connectivity index (χ2n) is 5.19. The van der Waals surface area contributed by atoms with Crippen molar-refractivity contribution in [1.29, 1.82) is 0 Å². The van der Waals surface area contributed by atoms with E-state index in [1.165, 1.54) is 0 Å². The second kappa shape index (κ2) is 5.93. The summed E-state index contributed by atoms with van der Waals surface area (Å²) >= 11 is 1.71. The lowest BCUT2D eigenvalue weighted by atomic mass is 9.99. The molecule has 1 saturated carbocycles. The zero-order valence-corrected chi connectivity index (χ0v) is 12.1. The number of thioether (sulfide) groups is 1. The number of hydrogen-bond donors (Lipinski definition) is 1. The highest BCUT2D eigenvalue weighted by atomic mass is 32.2. The first kappa shape index (κ1) is 13.6. The molecule has 0 radical (unpaired) electrons. The minimum absolute atomic E-state index is 0.368. The summed E-state index contributed by atoms with van der Waals surface area (Å²) in [6.07, 6.45) is 6.00. The highest BCUT2D eigenvalue weighted by Crippen LogP contribution is 2.34. The molecule has 0 atom stereocenters. The van der Waals surface area contributed by atoms with Gasteiger partial charge in [0.15, 0.2) is 5.82 Å². The summed E-state index contributed by atoms with van der Waals surface area (Å²) in [5.41, 5.74) is 7.00. The summed E-state index contributed by atoms with van der Waals surface area (Å²) in [6, 6.07) is 5.92. The zero-order valence-electron chi connectivity index (χ0n) is 11.3. The van der Waals surface area contributed by atoms with Crippen LogP contribution in [0, 0.1) is 0 Å². The van der Waals surface area contributed by atoms with E-state index in [-0.39, 0.29) is 5.54 Å². The van der Waals surface area contributed by atoms with Gasteiger partial charge in [-0.25, -0.2) is 0 Å². The Morgan fingerprint density at radius 2 is 2.10 bits per heavy atom. The highest BCUT2D eigenvalue weighted by Gasteiger charge is 2.35. The van der Waals surface area contributed by atoms with Crippen LogP contribution in [0.3, 0.4) is 0 Å². The molecule has 2 aromatic rings. The van der Waals surface area contributed by atoms with Crippen LogP contribution in [0.15, 0.2) is 28.9 Å². The van der Waals surface area contributed by atoms with E-state index in [9.17, 15) is 0 Å². The lowest BCUT2D eigenvalue weighted by molar-refractivity contribution is 0.355. The van der Waals surface area contributed by atoms with Gasteiger partial charge in [0.1, 0.15) is 0 Å². The SMILES string of the molecule is NC1(c2noc(CSCc3ccccn3)n2)CCCC1. The Labute approximate surface area is 122 Å².